The molecule has 0 radical (unpaired) electrons. The van der Waals surface area contributed by atoms with Gasteiger partial charge in [0.1, 0.15) is 5.15 Å². The molecule has 1 fully saturated rings. The van der Waals surface area contributed by atoms with Gasteiger partial charge < -0.3 is 5.11 Å². The van der Waals surface area contributed by atoms with E-state index in [4.69, 9.17) is 16.7 Å². The molecular weight excluding hydrogens is 236 g/mol. The highest BCUT2D eigenvalue weighted by atomic mass is 35.5. The second-order valence-corrected chi connectivity index (χ2v) is 5.01. The van der Waals surface area contributed by atoms with Crippen molar-refractivity contribution >= 4 is 11.6 Å². The summed E-state index contributed by atoms with van der Waals surface area (Å²) in [7, 11) is 0. The van der Waals surface area contributed by atoms with Gasteiger partial charge in [-0.15, -0.1) is 0 Å². The second-order valence-electron chi connectivity index (χ2n) is 4.62. The average Bonchev–Trinajstić information content (AvgIpc) is 2.74. The predicted octanol–water partition coefficient (Wildman–Crippen LogP) is 2.47. The summed E-state index contributed by atoms with van der Waals surface area (Å²) in [5.74, 6) is 0. The van der Waals surface area contributed by atoms with E-state index in [1.54, 1.807) is 6.20 Å². The van der Waals surface area contributed by atoms with Crippen LogP contribution in [0.1, 0.15) is 31.2 Å². The number of aliphatic hydroxyl groups excluding tert-OH is 1. The van der Waals surface area contributed by atoms with Crippen molar-refractivity contribution in [3.05, 3.63) is 29.0 Å². The lowest BCUT2D eigenvalue weighted by Crippen LogP contribution is -2.29. The normalized spacial score (nSPS) is 20.9. The third-order valence-corrected chi connectivity index (χ3v) is 3.58. The Morgan fingerprint density at radius 3 is 3.18 bits per heavy atom. The number of pyridine rings is 1. The zero-order valence-corrected chi connectivity index (χ0v) is 10.7. The molecule has 94 valence electrons. The van der Waals surface area contributed by atoms with Gasteiger partial charge in [-0.2, -0.15) is 0 Å². The van der Waals surface area contributed by atoms with E-state index < -0.39 is 0 Å². The van der Waals surface area contributed by atoms with Crippen LogP contribution in [0.25, 0.3) is 0 Å². The van der Waals surface area contributed by atoms with Crippen LogP contribution in [0.3, 0.4) is 0 Å². The molecule has 2 heterocycles. The van der Waals surface area contributed by atoms with Crippen molar-refractivity contribution in [3.63, 3.8) is 0 Å². The highest BCUT2D eigenvalue weighted by Crippen LogP contribution is 2.23. The Bertz CT molecular complexity index is 359. The summed E-state index contributed by atoms with van der Waals surface area (Å²) < 4.78 is 0. The van der Waals surface area contributed by atoms with Crippen molar-refractivity contribution in [2.24, 2.45) is 0 Å². The first-order chi connectivity index (χ1) is 8.29. The minimum Gasteiger partial charge on any atom is -0.396 e. The Labute approximate surface area is 107 Å². The molecule has 2 rings (SSSR count). The van der Waals surface area contributed by atoms with E-state index in [1.165, 1.54) is 18.4 Å². The number of aromatic nitrogens is 1. The Kier molecular flexibility index (Phi) is 4.77. The van der Waals surface area contributed by atoms with Crippen LogP contribution in [0, 0.1) is 0 Å². The summed E-state index contributed by atoms with van der Waals surface area (Å²) in [6, 6.07) is 4.57. The highest BCUT2D eigenvalue weighted by Gasteiger charge is 2.23. The van der Waals surface area contributed by atoms with Crippen LogP contribution in [0.5, 0.6) is 0 Å². The van der Waals surface area contributed by atoms with Gasteiger partial charge in [-0.05, 0) is 49.9 Å². The number of likely N-dealkylation sites (tertiary alicyclic amines) is 1. The molecule has 0 amide bonds. The minimum atomic E-state index is 0.297. The zero-order chi connectivity index (χ0) is 12.1. The van der Waals surface area contributed by atoms with E-state index in [1.807, 2.05) is 12.1 Å². The number of halogens is 1. The number of hydrogen-bond donors (Lipinski definition) is 1. The first kappa shape index (κ1) is 12.8. The van der Waals surface area contributed by atoms with Gasteiger partial charge in [0.2, 0.25) is 0 Å². The summed E-state index contributed by atoms with van der Waals surface area (Å²) in [4.78, 5) is 6.48. The lowest BCUT2D eigenvalue weighted by Gasteiger charge is -2.24. The number of nitrogens with zero attached hydrogens (tertiary/aromatic N) is 2. The van der Waals surface area contributed by atoms with E-state index in [2.05, 4.69) is 9.88 Å². The van der Waals surface area contributed by atoms with Gasteiger partial charge in [0.05, 0.1) is 0 Å². The molecule has 0 aromatic carbocycles. The third-order valence-electron chi connectivity index (χ3n) is 3.37. The van der Waals surface area contributed by atoms with E-state index in [9.17, 15) is 0 Å². The van der Waals surface area contributed by atoms with Crippen LogP contribution in [-0.4, -0.2) is 34.2 Å². The molecule has 1 N–H and O–H groups in total. The molecule has 1 atom stereocenters. The molecule has 1 aliphatic rings. The van der Waals surface area contributed by atoms with Crippen LogP contribution in [0.2, 0.25) is 5.15 Å². The van der Waals surface area contributed by atoms with Gasteiger partial charge >= 0.3 is 0 Å². The Morgan fingerprint density at radius 1 is 1.53 bits per heavy atom. The smallest absolute Gasteiger partial charge is 0.129 e. The Balaban J connectivity index is 1.93. The van der Waals surface area contributed by atoms with E-state index in [0.29, 0.717) is 17.8 Å². The van der Waals surface area contributed by atoms with Crippen LogP contribution in [0.15, 0.2) is 18.3 Å². The van der Waals surface area contributed by atoms with Crippen LogP contribution < -0.4 is 0 Å². The first-order valence-electron chi connectivity index (χ1n) is 6.25. The fraction of sp³-hybridized carbons (Fsp3) is 0.615. The lowest BCUT2D eigenvalue weighted by molar-refractivity contribution is 0.210. The van der Waals surface area contributed by atoms with Gasteiger partial charge in [-0.25, -0.2) is 4.98 Å². The maximum atomic E-state index is 8.89. The largest absolute Gasteiger partial charge is 0.396 e. The molecule has 1 saturated heterocycles. The average molecular weight is 255 g/mol. The van der Waals surface area contributed by atoms with Crippen molar-refractivity contribution in [2.75, 3.05) is 13.2 Å². The van der Waals surface area contributed by atoms with Gasteiger partial charge in [0.25, 0.3) is 0 Å². The maximum Gasteiger partial charge on any atom is 0.129 e. The third kappa shape index (κ3) is 3.66. The molecule has 1 aromatic heterocycles. The van der Waals surface area contributed by atoms with Gasteiger partial charge in [-0.3, -0.25) is 4.90 Å². The Morgan fingerprint density at radius 2 is 2.41 bits per heavy atom. The molecule has 4 heteroatoms. The molecule has 1 aromatic rings. The fourth-order valence-electron chi connectivity index (χ4n) is 2.53. The second kappa shape index (κ2) is 6.34. The van der Waals surface area contributed by atoms with E-state index >= 15 is 0 Å². The monoisotopic (exact) mass is 254 g/mol. The molecule has 0 spiro atoms. The number of aliphatic hydroxyl groups is 1. The van der Waals surface area contributed by atoms with Crippen molar-refractivity contribution in [1.29, 1.82) is 0 Å². The molecular formula is C13H19ClN2O. The molecule has 1 aliphatic heterocycles. The van der Waals surface area contributed by atoms with Crippen LogP contribution in [-0.2, 0) is 6.54 Å². The summed E-state index contributed by atoms with van der Waals surface area (Å²) in [6.07, 6.45) is 6.26. The van der Waals surface area contributed by atoms with Crippen molar-refractivity contribution in [2.45, 2.75) is 38.3 Å². The van der Waals surface area contributed by atoms with Crippen molar-refractivity contribution in [3.8, 4) is 0 Å². The van der Waals surface area contributed by atoms with Gasteiger partial charge in [0.15, 0.2) is 0 Å². The molecule has 3 nitrogen and oxygen atoms in total. The molecule has 17 heavy (non-hydrogen) atoms. The lowest BCUT2D eigenvalue weighted by atomic mass is 10.1. The van der Waals surface area contributed by atoms with Crippen LogP contribution >= 0.6 is 11.6 Å². The number of hydrogen-bond acceptors (Lipinski definition) is 3. The topological polar surface area (TPSA) is 36.4 Å². The molecule has 0 aliphatic carbocycles. The summed E-state index contributed by atoms with van der Waals surface area (Å²) in [6.45, 7) is 2.39. The highest BCUT2D eigenvalue weighted by molar-refractivity contribution is 6.29. The predicted molar refractivity (Wildman–Crippen MR) is 69.0 cm³/mol. The molecule has 0 saturated carbocycles. The summed E-state index contributed by atoms with van der Waals surface area (Å²) >= 11 is 5.89. The van der Waals surface area contributed by atoms with Gasteiger partial charge in [-0.1, -0.05) is 11.6 Å². The van der Waals surface area contributed by atoms with Crippen molar-refractivity contribution < 1.29 is 5.11 Å². The van der Waals surface area contributed by atoms with E-state index in [0.717, 1.165) is 25.9 Å². The minimum absolute atomic E-state index is 0.297. The molecule has 1 unspecified atom stereocenters. The Hall–Kier alpha value is -0.640. The summed E-state index contributed by atoms with van der Waals surface area (Å²) in [5, 5.41) is 9.46. The maximum absolute atomic E-state index is 8.89. The standard InChI is InChI=1S/C13H19ClN2O/c14-13-9-11(5-6-15-13)10-16-7-1-3-12(16)4-2-8-17/h5-6,9,12,17H,1-4,7-8,10H2. The zero-order valence-electron chi connectivity index (χ0n) is 9.98. The SMILES string of the molecule is OCCCC1CCCN1Cc1ccnc(Cl)c1. The number of rotatable bonds is 5. The van der Waals surface area contributed by atoms with E-state index in [-0.39, 0.29) is 0 Å². The van der Waals surface area contributed by atoms with Crippen LogP contribution in [0.4, 0.5) is 0 Å². The first-order valence-corrected chi connectivity index (χ1v) is 6.63. The quantitative estimate of drug-likeness (QED) is 0.821. The molecule has 0 bridgehead atoms. The van der Waals surface area contributed by atoms with Crippen molar-refractivity contribution in [1.82, 2.24) is 9.88 Å². The van der Waals surface area contributed by atoms with Gasteiger partial charge in [0, 0.05) is 25.4 Å². The fourth-order valence-corrected chi connectivity index (χ4v) is 2.73. The summed E-state index contributed by atoms with van der Waals surface area (Å²) in [5.41, 5.74) is 1.22.